The highest BCUT2D eigenvalue weighted by molar-refractivity contribution is 7.99. The van der Waals surface area contributed by atoms with E-state index in [2.05, 4.69) is 15.5 Å². The summed E-state index contributed by atoms with van der Waals surface area (Å²) in [5, 5.41) is 14.5. The van der Waals surface area contributed by atoms with Gasteiger partial charge < -0.3 is 19.4 Å². The molecule has 0 fully saturated rings. The van der Waals surface area contributed by atoms with E-state index < -0.39 is 5.97 Å². The molecule has 0 unspecified atom stereocenters. The summed E-state index contributed by atoms with van der Waals surface area (Å²) in [6, 6.07) is 5.36. The summed E-state index contributed by atoms with van der Waals surface area (Å²) in [5.41, 5.74) is 2.22. The van der Waals surface area contributed by atoms with Gasteiger partial charge in [0.15, 0.2) is 11.0 Å². The third kappa shape index (κ3) is 5.57. The Morgan fingerprint density at radius 1 is 1.26 bits per heavy atom. The van der Waals surface area contributed by atoms with Crippen molar-refractivity contribution in [2.75, 3.05) is 18.2 Å². The van der Waals surface area contributed by atoms with Crippen LogP contribution in [0.15, 0.2) is 28.7 Å². The van der Waals surface area contributed by atoms with E-state index in [1.54, 1.807) is 16.0 Å². The van der Waals surface area contributed by atoms with Crippen molar-refractivity contribution < 1.29 is 19.1 Å². The number of ether oxygens (including phenoxy) is 2. The SMILES string of the molecule is COC(=O)c1ccsc1NC(=O)CSc1nnc(COc2cc(C)c(Cl)c(C)c2)n1C. The number of nitrogens with one attached hydrogen (secondary N) is 1. The number of nitrogens with zero attached hydrogens (tertiary/aromatic N) is 3. The minimum Gasteiger partial charge on any atom is -0.486 e. The molecule has 0 radical (unpaired) electrons. The fraction of sp³-hybridized carbons (Fsp3) is 0.300. The number of thioether (sulfide) groups is 1. The van der Waals surface area contributed by atoms with Crippen molar-refractivity contribution in [3.63, 3.8) is 0 Å². The molecule has 1 aromatic carbocycles. The van der Waals surface area contributed by atoms with Crippen LogP contribution in [0.4, 0.5) is 5.00 Å². The molecular formula is C20H21ClN4O4S2. The fourth-order valence-corrected chi connectivity index (χ4v) is 4.33. The quantitative estimate of drug-likeness (QED) is 0.380. The van der Waals surface area contributed by atoms with Crippen LogP contribution >= 0.6 is 34.7 Å². The summed E-state index contributed by atoms with van der Waals surface area (Å²) in [4.78, 5) is 24.0. The minimum atomic E-state index is -0.492. The number of aromatic nitrogens is 3. The number of amides is 1. The second-order valence-electron chi connectivity index (χ2n) is 6.61. The second-order valence-corrected chi connectivity index (χ2v) is 8.85. The van der Waals surface area contributed by atoms with E-state index in [4.69, 9.17) is 21.1 Å². The first kappa shape index (κ1) is 23.1. The molecule has 3 aromatic rings. The van der Waals surface area contributed by atoms with E-state index in [0.29, 0.717) is 27.3 Å². The Hall–Kier alpha value is -2.56. The van der Waals surface area contributed by atoms with E-state index in [1.165, 1.54) is 30.2 Å². The van der Waals surface area contributed by atoms with Gasteiger partial charge in [-0.25, -0.2) is 4.79 Å². The van der Waals surface area contributed by atoms with Crippen LogP contribution in [0.3, 0.4) is 0 Å². The predicted octanol–water partition coefficient (Wildman–Crippen LogP) is 4.24. The molecule has 0 saturated heterocycles. The number of hydrogen-bond donors (Lipinski definition) is 1. The van der Waals surface area contributed by atoms with Crippen molar-refractivity contribution in [2.45, 2.75) is 25.6 Å². The Morgan fingerprint density at radius 3 is 2.65 bits per heavy atom. The van der Waals surface area contributed by atoms with Gasteiger partial charge in [0.2, 0.25) is 5.91 Å². The Bertz CT molecular complexity index is 1090. The molecule has 2 aromatic heterocycles. The smallest absolute Gasteiger partial charge is 0.340 e. The van der Waals surface area contributed by atoms with Gasteiger partial charge >= 0.3 is 5.97 Å². The van der Waals surface area contributed by atoms with E-state index in [9.17, 15) is 9.59 Å². The van der Waals surface area contributed by atoms with Crippen LogP contribution in [-0.2, 0) is 23.2 Å². The lowest BCUT2D eigenvalue weighted by Crippen LogP contribution is -2.16. The molecule has 31 heavy (non-hydrogen) atoms. The van der Waals surface area contributed by atoms with E-state index in [-0.39, 0.29) is 18.3 Å². The lowest BCUT2D eigenvalue weighted by molar-refractivity contribution is -0.113. The molecule has 0 bridgehead atoms. The molecule has 8 nitrogen and oxygen atoms in total. The molecule has 0 atom stereocenters. The maximum Gasteiger partial charge on any atom is 0.340 e. The summed E-state index contributed by atoms with van der Waals surface area (Å²) in [7, 11) is 3.11. The third-order valence-electron chi connectivity index (χ3n) is 4.36. The van der Waals surface area contributed by atoms with Gasteiger partial charge in [0.1, 0.15) is 17.4 Å². The maximum absolute atomic E-state index is 12.3. The van der Waals surface area contributed by atoms with Gasteiger partial charge in [-0.2, -0.15) is 0 Å². The van der Waals surface area contributed by atoms with Gasteiger partial charge in [-0.05, 0) is 48.6 Å². The highest BCUT2D eigenvalue weighted by Crippen LogP contribution is 2.27. The van der Waals surface area contributed by atoms with Crippen LogP contribution in [0.2, 0.25) is 5.02 Å². The predicted molar refractivity (Wildman–Crippen MR) is 121 cm³/mol. The zero-order valence-corrected chi connectivity index (χ0v) is 19.8. The lowest BCUT2D eigenvalue weighted by atomic mass is 10.1. The summed E-state index contributed by atoms with van der Waals surface area (Å²) < 4.78 is 12.3. The molecule has 164 valence electrons. The third-order valence-corrected chi connectivity index (χ3v) is 6.81. The maximum atomic E-state index is 12.3. The number of anilines is 1. The molecule has 2 heterocycles. The topological polar surface area (TPSA) is 95.3 Å². The van der Waals surface area contributed by atoms with E-state index in [0.717, 1.165) is 16.1 Å². The monoisotopic (exact) mass is 480 g/mol. The minimum absolute atomic E-state index is 0.112. The number of halogens is 1. The van der Waals surface area contributed by atoms with Crippen molar-refractivity contribution >= 4 is 51.6 Å². The number of carbonyl (C=O) groups is 2. The summed E-state index contributed by atoms with van der Waals surface area (Å²) in [6.45, 7) is 4.08. The van der Waals surface area contributed by atoms with Gasteiger partial charge in [0.25, 0.3) is 0 Å². The van der Waals surface area contributed by atoms with Gasteiger partial charge in [-0.15, -0.1) is 21.5 Å². The second kappa shape index (κ2) is 10.2. The highest BCUT2D eigenvalue weighted by Gasteiger charge is 2.17. The van der Waals surface area contributed by atoms with Crippen molar-refractivity contribution in [1.82, 2.24) is 14.8 Å². The Labute approximate surface area is 192 Å². The van der Waals surface area contributed by atoms with Crippen molar-refractivity contribution in [2.24, 2.45) is 7.05 Å². The Balaban J connectivity index is 1.56. The number of hydrogen-bond acceptors (Lipinski definition) is 8. The van der Waals surface area contributed by atoms with Crippen LogP contribution in [0.1, 0.15) is 27.3 Å². The van der Waals surface area contributed by atoms with Crippen LogP contribution in [0.5, 0.6) is 5.75 Å². The molecule has 0 aliphatic rings. The molecular weight excluding hydrogens is 460 g/mol. The summed E-state index contributed by atoms with van der Waals surface area (Å²) in [6.07, 6.45) is 0. The van der Waals surface area contributed by atoms with Crippen LogP contribution in [0.25, 0.3) is 0 Å². The zero-order chi connectivity index (χ0) is 22.5. The number of thiophene rings is 1. The number of aryl methyl sites for hydroxylation is 2. The molecule has 0 saturated carbocycles. The van der Waals surface area contributed by atoms with Gasteiger partial charge in [-0.3, -0.25) is 4.79 Å². The van der Waals surface area contributed by atoms with Gasteiger partial charge in [0.05, 0.1) is 18.4 Å². The molecule has 1 amide bonds. The number of rotatable bonds is 8. The number of methoxy groups -OCH3 is 1. The summed E-state index contributed by atoms with van der Waals surface area (Å²) in [5.74, 6) is 0.687. The van der Waals surface area contributed by atoms with Crippen molar-refractivity contribution in [3.8, 4) is 5.75 Å². The van der Waals surface area contributed by atoms with Gasteiger partial charge in [0, 0.05) is 12.1 Å². The molecule has 11 heteroatoms. The first-order valence-corrected chi connectivity index (χ1v) is 11.4. The normalized spacial score (nSPS) is 10.7. The standard InChI is InChI=1S/C20H21ClN4O4S2/c1-11-7-13(8-12(2)17(11)21)29-9-15-23-24-20(25(15)3)31-10-16(26)22-18-14(5-6-30-18)19(27)28-4/h5-8H,9-10H2,1-4H3,(H,22,26). The molecule has 0 spiro atoms. The lowest BCUT2D eigenvalue weighted by Gasteiger charge is -2.10. The molecule has 3 rings (SSSR count). The first-order valence-electron chi connectivity index (χ1n) is 9.16. The molecule has 1 N–H and O–H groups in total. The van der Waals surface area contributed by atoms with E-state index >= 15 is 0 Å². The fourth-order valence-electron chi connectivity index (χ4n) is 2.70. The Kier molecular flexibility index (Phi) is 7.58. The van der Waals surface area contributed by atoms with Gasteiger partial charge in [-0.1, -0.05) is 23.4 Å². The number of benzene rings is 1. The molecule has 0 aliphatic heterocycles. The highest BCUT2D eigenvalue weighted by atomic mass is 35.5. The largest absolute Gasteiger partial charge is 0.486 e. The number of esters is 1. The zero-order valence-electron chi connectivity index (χ0n) is 17.4. The van der Waals surface area contributed by atoms with Crippen molar-refractivity contribution in [1.29, 1.82) is 0 Å². The average Bonchev–Trinajstić information content (AvgIpc) is 3.34. The number of carbonyl (C=O) groups excluding carboxylic acids is 2. The van der Waals surface area contributed by atoms with Crippen LogP contribution in [-0.4, -0.2) is 39.5 Å². The first-order chi connectivity index (χ1) is 14.8. The average molecular weight is 481 g/mol. The van der Waals surface area contributed by atoms with Crippen molar-refractivity contribution in [3.05, 3.63) is 51.1 Å². The Morgan fingerprint density at radius 2 is 1.97 bits per heavy atom. The van der Waals surface area contributed by atoms with Crippen LogP contribution in [0, 0.1) is 13.8 Å². The summed E-state index contributed by atoms with van der Waals surface area (Å²) >= 11 is 8.69. The molecule has 0 aliphatic carbocycles. The van der Waals surface area contributed by atoms with E-state index in [1.807, 2.05) is 33.0 Å². The van der Waals surface area contributed by atoms with Crippen LogP contribution < -0.4 is 10.1 Å².